The number of rotatable bonds is 4. The van der Waals surface area contributed by atoms with Gasteiger partial charge in [0.2, 0.25) is 0 Å². The summed E-state index contributed by atoms with van der Waals surface area (Å²) in [6.45, 7) is 5.96. The average molecular weight is 266 g/mol. The maximum atomic E-state index is 10.9. The topological polar surface area (TPSA) is 73.8 Å². The Bertz CT molecular complexity index is 588. The predicted octanol–water partition coefficient (Wildman–Crippen LogP) is 2.42. The molecule has 0 saturated heterocycles. The van der Waals surface area contributed by atoms with Crippen LogP contribution in [0.3, 0.4) is 0 Å². The Morgan fingerprint density at radius 1 is 1.44 bits per heavy atom. The van der Waals surface area contributed by atoms with Gasteiger partial charge in [-0.15, -0.1) is 11.3 Å². The highest BCUT2D eigenvalue weighted by Gasteiger charge is 2.21. The zero-order chi connectivity index (χ0) is 13.3. The molecule has 2 aromatic rings. The summed E-state index contributed by atoms with van der Waals surface area (Å²) in [5, 5.41) is 18.1. The second-order valence-electron chi connectivity index (χ2n) is 4.11. The molecule has 0 bridgehead atoms. The molecule has 0 atom stereocenters. The minimum atomic E-state index is -0.374. The summed E-state index contributed by atoms with van der Waals surface area (Å²) < 4.78 is 1.68. The molecule has 0 aliphatic rings. The van der Waals surface area contributed by atoms with Gasteiger partial charge in [0.15, 0.2) is 0 Å². The molecule has 0 saturated carbocycles. The number of nitro groups is 1. The van der Waals surface area contributed by atoms with Crippen LogP contribution < -0.4 is 0 Å². The van der Waals surface area contributed by atoms with Crippen molar-refractivity contribution in [2.24, 2.45) is 0 Å². The Morgan fingerprint density at radius 3 is 2.67 bits per heavy atom. The number of aryl methyl sites for hydroxylation is 4. The highest BCUT2D eigenvalue weighted by molar-refractivity contribution is 7.09. The summed E-state index contributed by atoms with van der Waals surface area (Å²) in [7, 11) is 0. The van der Waals surface area contributed by atoms with Crippen molar-refractivity contribution < 1.29 is 4.92 Å². The van der Waals surface area contributed by atoms with E-state index in [1.165, 1.54) is 0 Å². The number of thiazole rings is 1. The van der Waals surface area contributed by atoms with E-state index in [2.05, 4.69) is 10.1 Å². The van der Waals surface area contributed by atoms with Crippen LogP contribution in [0.5, 0.6) is 0 Å². The molecule has 2 heterocycles. The zero-order valence-corrected chi connectivity index (χ0v) is 11.3. The molecule has 0 unspecified atom stereocenters. The Balaban J connectivity index is 2.15. The highest BCUT2D eigenvalue weighted by atomic mass is 32.1. The van der Waals surface area contributed by atoms with Crippen molar-refractivity contribution >= 4 is 17.0 Å². The fraction of sp³-hybridized carbons (Fsp3) is 0.455. The normalized spacial score (nSPS) is 10.8. The minimum absolute atomic E-state index is 0.115. The minimum Gasteiger partial charge on any atom is -0.262 e. The van der Waals surface area contributed by atoms with Crippen LogP contribution in [-0.2, 0) is 13.0 Å². The first-order valence-electron chi connectivity index (χ1n) is 5.58. The molecule has 0 spiro atoms. The van der Waals surface area contributed by atoms with E-state index in [9.17, 15) is 10.1 Å². The van der Waals surface area contributed by atoms with Gasteiger partial charge in [-0.25, -0.2) is 4.98 Å². The molecular formula is C11H14N4O2S. The van der Waals surface area contributed by atoms with E-state index in [4.69, 9.17) is 0 Å². The largest absolute Gasteiger partial charge is 0.312 e. The Hall–Kier alpha value is -1.76. The maximum absolute atomic E-state index is 10.9. The first-order chi connectivity index (χ1) is 8.49. The van der Waals surface area contributed by atoms with Gasteiger partial charge in [-0.3, -0.25) is 14.8 Å². The van der Waals surface area contributed by atoms with Crippen LogP contribution in [0.4, 0.5) is 5.69 Å². The molecule has 7 heteroatoms. The molecule has 0 fully saturated rings. The van der Waals surface area contributed by atoms with Crippen molar-refractivity contribution in [3.05, 3.63) is 37.6 Å². The second-order valence-corrected chi connectivity index (χ2v) is 5.17. The van der Waals surface area contributed by atoms with Gasteiger partial charge in [0.25, 0.3) is 0 Å². The fourth-order valence-corrected chi connectivity index (χ4v) is 2.56. The van der Waals surface area contributed by atoms with Crippen LogP contribution in [0.15, 0.2) is 5.38 Å². The summed E-state index contributed by atoms with van der Waals surface area (Å²) >= 11 is 1.61. The molecule has 6 nitrogen and oxygen atoms in total. The van der Waals surface area contributed by atoms with Crippen molar-refractivity contribution in [1.82, 2.24) is 14.8 Å². The zero-order valence-electron chi connectivity index (χ0n) is 10.5. The van der Waals surface area contributed by atoms with E-state index in [1.54, 1.807) is 29.9 Å². The van der Waals surface area contributed by atoms with E-state index in [1.807, 2.05) is 12.3 Å². The lowest BCUT2D eigenvalue weighted by molar-refractivity contribution is -0.386. The van der Waals surface area contributed by atoms with Crippen molar-refractivity contribution in [3.63, 3.8) is 0 Å². The molecule has 0 N–H and O–H groups in total. The number of aromatic nitrogens is 3. The third-order valence-electron chi connectivity index (χ3n) is 2.77. The lowest BCUT2D eigenvalue weighted by Crippen LogP contribution is -2.06. The van der Waals surface area contributed by atoms with Crippen LogP contribution >= 0.6 is 11.3 Å². The van der Waals surface area contributed by atoms with Crippen molar-refractivity contribution in [3.8, 4) is 0 Å². The molecule has 2 aromatic heterocycles. The summed E-state index contributed by atoms with van der Waals surface area (Å²) in [6.07, 6.45) is 0.740. The van der Waals surface area contributed by atoms with E-state index in [0.29, 0.717) is 17.9 Å². The smallest absolute Gasteiger partial charge is 0.262 e. The van der Waals surface area contributed by atoms with Gasteiger partial charge in [0.05, 0.1) is 15.6 Å². The van der Waals surface area contributed by atoms with Crippen molar-refractivity contribution in [2.75, 3.05) is 0 Å². The third-order valence-corrected chi connectivity index (χ3v) is 3.59. The molecule has 0 amide bonds. The summed E-state index contributed by atoms with van der Waals surface area (Å²) in [5.74, 6) is 0. The van der Waals surface area contributed by atoms with Crippen LogP contribution in [0.1, 0.15) is 22.1 Å². The standard InChI is InChI=1S/C11H14N4O2S/c1-7-11(15(16)17)8(2)14(13-7)5-4-10-6-18-9(3)12-10/h6H,4-5H2,1-3H3. The van der Waals surface area contributed by atoms with E-state index < -0.39 is 0 Å². The SMILES string of the molecule is Cc1nc(CCn2nc(C)c([N+](=O)[O-])c2C)cs1. The van der Waals surface area contributed by atoms with Gasteiger partial charge in [-0.2, -0.15) is 5.10 Å². The van der Waals surface area contributed by atoms with Gasteiger partial charge < -0.3 is 0 Å². The molecule has 0 aliphatic carbocycles. The first kappa shape index (κ1) is 12.7. The summed E-state index contributed by atoms with van der Waals surface area (Å²) in [4.78, 5) is 14.9. The van der Waals surface area contributed by atoms with Crippen LogP contribution in [0, 0.1) is 30.9 Å². The quantitative estimate of drug-likeness (QED) is 0.629. The van der Waals surface area contributed by atoms with Gasteiger partial charge in [-0.1, -0.05) is 0 Å². The molecule has 0 radical (unpaired) electrons. The van der Waals surface area contributed by atoms with E-state index >= 15 is 0 Å². The maximum Gasteiger partial charge on any atom is 0.312 e. The molecule has 96 valence electrons. The first-order valence-corrected chi connectivity index (χ1v) is 6.46. The van der Waals surface area contributed by atoms with Gasteiger partial charge in [-0.05, 0) is 20.8 Å². The number of hydrogen-bond donors (Lipinski definition) is 0. The van der Waals surface area contributed by atoms with Crippen LogP contribution in [-0.4, -0.2) is 19.7 Å². The van der Waals surface area contributed by atoms with Crippen molar-refractivity contribution in [2.45, 2.75) is 33.7 Å². The van der Waals surface area contributed by atoms with Gasteiger partial charge in [0.1, 0.15) is 11.4 Å². The average Bonchev–Trinajstić information content (AvgIpc) is 2.80. The Morgan fingerprint density at radius 2 is 2.17 bits per heavy atom. The third kappa shape index (κ3) is 2.40. The molecule has 2 rings (SSSR count). The van der Waals surface area contributed by atoms with Gasteiger partial charge >= 0.3 is 5.69 Å². The summed E-state index contributed by atoms with van der Waals surface area (Å²) in [5.41, 5.74) is 2.19. The fourth-order valence-electron chi connectivity index (χ4n) is 1.91. The molecule has 0 aromatic carbocycles. The number of nitrogens with zero attached hydrogens (tertiary/aromatic N) is 4. The van der Waals surface area contributed by atoms with Crippen molar-refractivity contribution in [1.29, 1.82) is 0 Å². The number of hydrogen-bond acceptors (Lipinski definition) is 5. The lowest BCUT2D eigenvalue weighted by Gasteiger charge is -2.01. The van der Waals surface area contributed by atoms with E-state index in [0.717, 1.165) is 17.1 Å². The highest BCUT2D eigenvalue weighted by Crippen LogP contribution is 2.22. The summed E-state index contributed by atoms with van der Waals surface area (Å²) in [6, 6.07) is 0. The van der Waals surface area contributed by atoms with Gasteiger partial charge in [0, 0.05) is 18.3 Å². The lowest BCUT2D eigenvalue weighted by atomic mass is 10.3. The van der Waals surface area contributed by atoms with Crippen LogP contribution in [0.25, 0.3) is 0 Å². The van der Waals surface area contributed by atoms with E-state index in [-0.39, 0.29) is 10.6 Å². The van der Waals surface area contributed by atoms with Crippen LogP contribution in [0.2, 0.25) is 0 Å². The Kier molecular flexibility index (Phi) is 3.42. The monoisotopic (exact) mass is 266 g/mol. The Labute approximate surface area is 108 Å². The predicted molar refractivity (Wildman–Crippen MR) is 68.9 cm³/mol. The molecular weight excluding hydrogens is 252 g/mol. The molecule has 18 heavy (non-hydrogen) atoms. The molecule has 0 aliphatic heterocycles. The second kappa shape index (κ2) is 4.85.